The lowest BCUT2D eigenvalue weighted by molar-refractivity contribution is 0.0701. The third-order valence-corrected chi connectivity index (χ3v) is 5.25. The average Bonchev–Trinajstić information content (AvgIpc) is 2.81. The number of rotatable bonds is 5. The molecule has 1 heterocycles. The monoisotopic (exact) mass is 313 g/mol. The van der Waals surface area contributed by atoms with Crippen LogP contribution in [0, 0.1) is 0 Å². The molecule has 0 aliphatic carbocycles. The van der Waals surface area contributed by atoms with E-state index in [1.54, 1.807) is 11.8 Å². The quantitative estimate of drug-likeness (QED) is 0.834. The summed E-state index contributed by atoms with van der Waals surface area (Å²) < 4.78 is 0. The molecular formula is C13H12ClNO2S2. The zero-order valence-electron chi connectivity index (χ0n) is 10.2. The first-order valence-corrected chi connectivity index (χ1v) is 7.89. The lowest BCUT2D eigenvalue weighted by atomic mass is 10.3. The van der Waals surface area contributed by atoms with E-state index in [1.807, 2.05) is 31.2 Å². The molecular weight excluding hydrogens is 302 g/mol. The number of aryl methyl sites for hydroxylation is 1. The number of nitrogens with zero attached hydrogens (tertiary/aromatic N) is 1. The Morgan fingerprint density at radius 2 is 2.21 bits per heavy atom. The Kier molecular flexibility index (Phi) is 4.85. The Balaban J connectivity index is 2.12. The molecule has 0 saturated heterocycles. The van der Waals surface area contributed by atoms with Gasteiger partial charge in [-0.3, -0.25) is 0 Å². The second-order valence-corrected chi connectivity index (χ2v) is 6.27. The molecule has 0 spiro atoms. The van der Waals surface area contributed by atoms with E-state index < -0.39 is 5.97 Å². The molecule has 19 heavy (non-hydrogen) atoms. The summed E-state index contributed by atoms with van der Waals surface area (Å²) in [6, 6.07) is 7.59. The minimum absolute atomic E-state index is 0.345. The van der Waals surface area contributed by atoms with E-state index in [9.17, 15) is 4.79 Å². The van der Waals surface area contributed by atoms with Gasteiger partial charge in [0.15, 0.2) is 0 Å². The van der Waals surface area contributed by atoms with Gasteiger partial charge < -0.3 is 5.11 Å². The molecule has 100 valence electrons. The summed E-state index contributed by atoms with van der Waals surface area (Å²) in [6.45, 7) is 1.91. The van der Waals surface area contributed by atoms with Crippen molar-refractivity contribution < 1.29 is 9.90 Å². The standard InChI is InChI=1S/C13H12ClNO2S2/c1-2-9-12(13(16)17)19-11(15-9)7-18-10-6-4-3-5-8(10)14/h3-6H,2,7H2,1H3,(H,16,17). The molecule has 0 aliphatic rings. The van der Waals surface area contributed by atoms with E-state index in [0.29, 0.717) is 27.8 Å². The van der Waals surface area contributed by atoms with Gasteiger partial charge in [-0.2, -0.15) is 0 Å². The van der Waals surface area contributed by atoms with Gasteiger partial charge in [-0.1, -0.05) is 30.7 Å². The van der Waals surface area contributed by atoms with Crippen molar-refractivity contribution in [3.8, 4) is 0 Å². The summed E-state index contributed by atoms with van der Waals surface area (Å²) in [6.07, 6.45) is 0.634. The van der Waals surface area contributed by atoms with Crippen molar-refractivity contribution in [1.82, 2.24) is 4.98 Å². The van der Waals surface area contributed by atoms with Crippen LogP contribution in [0.4, 0.5) is 0 Å². The topological polar surface area (TPSA) is 50.2 Å². The van der Waals surface area contributed by atoms with Crippen LogP contribution in [0.2, 0.25) is 5.02 Å². The molecule has 6 heteroatoms. The van der Waals surface area contributed by atoms with Crippen molar-refractivity contribution in [2.45, 2.75) is 24.0 Å². The van der Waals surface area contributed by atoms with Crippen LogP contribution in [-0.4, -0.2) is 16.1 Å². The van der Waals surface area contributed by atoms with Crippen LogP contribution < -0.4 is 0 Å². The molecule has 0 aliphatic heterocycles. The lowest BCUT2D eigenvalue weighted by Crippen LogP contribution is -1.97. The van der Waals surface area contributed by atoms with E-state index in [0.717, 1.165) is 9.90 Å². The minimum atomic E-state index is -0.900. The summed E-state index contributed by atoms with van der Waals surface area (Å²) in [5.74, 6) is -0.266. The molecule has 2 aromatic rings. The van der Waals surface area contributed by atoms with Crippen LogP contribution in [0.25, 0.3) is 0 Å². The Morgan fingerprint density at radius 3 is 2.79 bits per heavy atom. The SMILES string of the molecule is CCc1nc(CSc2ccccc2Cl)sc1C(=O)O. The third-order valence-electron chi connectivity index (χ3n) is 2.46. The number of aromatic carboxylic acids is 1. The minimum Gasteiger partial charge on any atom is -0.477 e. The van der Waals surface area contributed by atoms with Crippen LogP contribution >= 0.6 is 34.7 Å². The second-order valence-electron chi connectivity index (χ2n) is 3.76. The zero-order valence-corrected chi connectivity index (χ0v) is 12.6. The van der Waals surface area contributed by atoms with E-state index >= 15 is 0 Å². The summed E-state index contributed by atoms with van der Waals surface area (Å²) in [5, 5.41) is 10.6. The highest BCUT2D eigenvalue weighted by Crippen LogP contribution is 2.31. The number of carboxylic acids is 1. The van der Waals surface area contributed by atoms with E-state index in [1.165, 1.54) is 11.3 Å². The summed E-state index contributed by atoms with van der Waals surface area (Å²) in [7, 11) is 0. The first-order valence-electron chi connectivity index (χ1n) is 5.71. The van der Waals surface area contributed by atoms with Gasteiger partial charge in [0.25, 0.3) is 0 Å². The number of hydrogen-bond acceptors (Lipinski definition) is 4. The van der Waals surface area contributed by atoms with Gasteiger partial charge in [-0.05, 0) is 18.6 Å². The Labute approximate surface area is 124 Å². The van der Waals surface area contributed by atoms with Gasteiger partial charge >= 0.3 is 5.97 Å². The van der Waals surface area contributed by atoms with Crippen LogP contribution in [0.1, 0.15) is 27.3 Å². The van der Waals surface area contributed by atoms with Crippen molar-refractivity contribution in [2.24, 2.45) is 0 Å². The molecule has 0 saturated carbocycles. The van der Waals surface area contributed by atoms with E-state index in [4.69, 9.17) is 16.7 Å². The average molecular weight is 314 g/mol. The first-order chi connectivity index (χ1) is 9.11. The van der Waals surface area contributed by atoms with Crippen molar-refractivity contribution in [3.63, 3.8) is 0 Å². The fourth-order valence-corrected chi connectivity index (χ4v) is 3.79. The Hall–Kier alpha value is -1.04. The number of thiazole rings is 1. The summed E-state index contributed by atoms with van der Waals surface area (Å²) in [4.78, 5) is 16.8. The first kappa shape index (κ1) is 14.4. The van der Waals surface area contributed by atoms with Crippen molar-refractivity contribution in [1.29, 1.82) is 0 Å². The van der Waals surface area contributed by atoms with Crippen LogP contribution in [0.15, 0.2) is 29.2 Å². The molecule has 0 unspecified atom stereocenters. The largest absolute Gasteiger partial charge is 0.477 e. The Morgan fingerprint density at radius 1 is 1.47 bits per heavy atom. The van der Waals surface area contributed by atoms with Gasteiger partial charge in [-0.15, -0.1) is 23.1 Å². The van der Waals surface area contributed by atoms with Gasteiger partial charge in [0.2, 0.25) is 0 Å². The molecule has 0 fully saturated rings. The number of aromatic nitrogens is 1. The maximum absolute atomic E-state index is 11.1. The highest BCUT2D eigenvalue weighted by Gasteiger charge is 2.16. The highest BCUT2D eigenvalue weighted by molar-refractivity contribution is 7.98. The molecule has 0 atom stereocenters. The maximum atomic E-state index is 11.1. The number of hydrogen-bond donors (Lipinski definition) is 1. The summed E-state index contributed by atoms with van der Waals surface area (Å²) >= 11 is 8.88. The van der Waals surface area contributed by atoms with E-state index in [2.05, 4.69) is 4.98 Å². The van der Waals surface area contributed by atoms with Crippen LogP contribution in [0.5, 0.6) is 0 Å². The molecule has 1 aromatic carbocycles. The molecule has 0 bridgehead atoms. The molecule has 1 aromatic heterocycles. The fraction of sp³-hybridized carbons (Fsp3) is 0.231. The lowest BCUT2D eigenvalue weighted by Gasteiger charge is -2.01. The van der Waals surface area contributed by atoms with Crippen LogP contribution in [0.3, 0.4) is 0 Å². The zero-order chi connectivity index (χ0) is 13.8. The molecule has 0 radical (unpaired) electrons. The number of thioether (sulfide) groups is 1. The van der Waals surface area contributed by atoms with E-state index in [-0.39, 0.29) is 0 Å². The maximum Gasteiger partial charge on any atom is 0.347 e. The van der Waals surface area contributed by atoms with Crippen molar-refractivity contribution in [2.75, 3.05) is 0 Å². The smallest absolute Gasteiger partial charge is 0.347 e. The van der Waals surface area contributed by atoms with Crippen molar-refractivity contribution in [3.05, 3.63) is 44.9 Å². The summed E-state index contributed by atoms with van der Waals surface area (Å²) in [5.41, 5.74) is 0.659. The van der Waals surface area contributed by atoms with Gasteiger partial charge in [0, 0.05) is 4.90 Å². The third kappa shape index (κ3) is 3.49. The normalized spacial score (nSPS) is 10.6. The molecule has 1 N–H and O–H groups in total. The molecule has 3 nitrogen and oxygen atoms in total. The van der Waals surface area contributed by atoms with Crippen molar-refractivity contribution >= 4 is 40.7 Å². The predicted molar refractivity (Wildman–Crippen MR) is 79.5 cm³/mol. The number of carbonyl (C=O) groups is 1. The Bertz CT molecular complexity index is 598. The second kappa shape index (κ2) is 6.41. The predicted octanol–water partition coefficient (Wildman–Crippen LogP) is 4.35. The molecule has 2 rings (SSSR count). The number of carboxylic acid groups (broad SMARTS) is 1. The van der Waals surface area contributed by atoms with Crippen LogP contribution in [-0.2, 0) is 12.2 Å². The molecule has 0 amide bonds. The van der Waals surface area contributed by atoms with Gasteiger partial charge in [-0.25, -0.2) is 9.78 Å². The highest BCUT2D eigenvalue weighted by atomic mass is 35.5. The fourth-order valence-electron chi connectivity index (χ4n) is 1.57. The number of benzene rings is 1. The van der Waals surface area contributed by atoms with Gasteiger partial charge in [0.1, 0.15) is 9.88 Å². The van der Waals surface area contributed by atoms with Gasteiger partial charge in [0.05, 0.1) is 16.5 Å². The number of halogens is 1.